The number of anilines is 3. The third kappa shape index (κ3) is 5.12. The molecule has 2 aromatic carbocycles. The molecule has 0 radical (unpaired) electrons. The number of nitrogens with zero attached hydrogens (tertiary/aromatic N) is 2. The van der Waals surface area contributed by atoms with Gasteiger partial charge in [-0.05, 0) is 62.2 Å². The quantitative estimate of drug-likeness (QED) is 0.761. The van der Waals surface area contributed by atoms with Gasteiger partial charge >= 0.3 is 0 Å². The zero-order valence-corrected chi connectivity index (χ0v) is 18.7. The molecule has 1 fully saturated rings. The van der Waals surface area contributed by atoms with Gasteiger partial charge in [0.2, 0.25) is 15.9 Å². The van der Waals surface area contributed by atoms with E-state index in [-0.39, 0.29) is 5.91 Å². The Kier molecular flexibility index (Phi) is 6.67. The number of morpholine rings is 1. The van der Waals surface area contributed by atoms with Gasteiger partial charge in [-0.1, -0.05) is 12.1 Å². The van der Waals surface area contributed by atoms with E-state index in [0.29, 0.717) is 24.6 Å². The standard InChI is InChI=1S/C22H29N3O4S/c1-16-5-6-17(2)21(15-16)25(30(4,27)28)18(3)22(26)23-19-7-9-20(10-8-19)24-11-13-29-14-12-24/h5-10,15,18H,11-14H2,1-4H3,(H,23,26)/t18-/m0/s1. The average Bonchev–Trinajstić information content (AvgIpc) is 2.71. The van der Waals surface area contributed by atoms with Gasteiger partial charge in [0, 0.05) is 24.5 Å². The Labute approximate surface area is 178 Å². The van der Waals surface area contributed by atoms with Crippen molar-refractivity contribution in [1.29, 1.82) is 0 Å². The number of hydrogen-bond acceptors (Lipinski definition) is 5. The molecule has 0 aliphatic carbocycles. The number of hydrogen-bond donors (Lipinski definition) is 1. The second kappa shape index (κ2) is 9.06. The van der Waals surface area contributed by atoms with Gasteiger partial charge in [0.1, 0.15) is 6.04 Å². The number of amides is 1. The van der Waals surface area contributed by atoms with Crippen LogP contribution in [0.3, 0.4) is 0 Å². The highest BCUT2D eigenvalue weighted by molar-refractivity contribution is 7.92. The lowest BCUT2D eigenvalue weighted by Gasteiger charge is -2.30. The highest BCUT2D eigenvalue weighted by Gasteiger charge is 2.30. The Morgan fingerprint density at radius 3 is 2.33 bits per heavy atom. The number of aryl methyl sites for hydroxylation is 2. The Morgan fingerprint density at radius 2 is 1.73 bits per heavy atom. The number of ether oxygens (including phenoxy) is 1. The molecule has 1 saturated heterocycles. The Bertz CT molecular complexity index is 1000. The van der Waals surface area contributed by atoms with Crippen molar-refractivity contribution in [2.75, 3.05) is 47.1 Å². The lowest BCUT2D eigenvalue weighted by atomic mass is 10.1. The third-order valence-corrected chi connectivity index (χ3v) is 6.43. The Hall–Kier alpha value is -2.58. The second-order valence-electron chi connectivity index (χ2n) is 7.66. The minimum absolute atomic E-state index is 0.388. The molecule has 3 rings (SSSR count). The summed E-state index contributed by atoms with van der Waals surface area (Å²) in [6.45, 7) is 8.40. The van der Waals surface area contributed by atoms with Gasteiger partial charge in [-0.3, -0.25) is 9.10 Å². The molecule has 0 bridgehead atoms. The molecule has 1 atom stereocenters. The lowest BCUT2D eigenvalue weighted by Crippen LogP contribution is -2.45. The van der Waals surface area contributed by atoms with Gasteiger partial charge in [0.05, 0.1) is 25.2 Å². The molecule has 8 heteroatoms. The van der Waals surface area contributed by atoms with Crippen molar-refractivity contribution in [2.45, 2.75) is 26.8 Å². The van der Waals surface area contributed by atoms with Gasteiger partial charge < -0.3 is 15.0 Å². The molecular weight excluding hydrogens is 402 g/mol. The fraction of sp³-hybridized carbons (Fsp3) is 0.409. The van der Waals surface area contributed by atoms with Crippen LogP contribution in [0.4, 0.5) is 17.1 Å². The van der Waals surface area contributed by atoms with Crippen LogP contribution in [-0.4, -0.2) is 52.9 Å². The molecule has 2 aromatic rings. The van der Waals surface area contributed by atoms with Gasteiger partial charge in [0.15, 0.2) is 0 Å². The van der Waals surface area contributed by atoms with E-state index in [0.717, 1.165) is 36.2 Å². The molecule has 0 saturated carbocycles. The van der Waals surface area contributed by atoms with Crippen LogP contribution in [0.25, 0.3) is 0 Å². The summed E-state index contributed by atoms with van der Waals surface area (Å²) in [5.74, 6) is -0.388. The Morgan fingerprint density at radius 1 is 1.10 bits per heavy atom. The number of nitrogens with one attached hydrogen (secondary N) is 1. The first kappa shape index (κ1) is 22.1. The van der Waals surface area contributed by atoms with E-state index >= 15 is 0 Å². The number of benzene rings is 2. The van der Waals surface area contributed by atoms with Crippen LogP contribution >= 0.6 is 0 Å². The summed E-state index contributed by atoms with van der Waals surface area (Å²) in [4.78, 5) is 15.1. The minimum atomic E-state index is -3.66. The van der Waals surface area contributed by atoms with Crippen molar-refractivity contribution in [3.63, 3.8) is 0 Å². The van der Waals surface area contributed by atoms with E-state index < -0.39 is 16.1 Å². The van der Waals surface area contributed by atoms with E-state index in [1.54, 1.807) is 13.0 Å². The van der Waals surface area contributed by atoms with E-state index in [1.165, 1.54) is 4.31 Å². The van der Waals surface area contributed by atoms with E-state index in [9.17, 15) is 13.2 Å². The maximum absolute atomic E-state index is 12.9. The molecule has 1 aliphatic rings. The summed E-state index contributed by atoms with van der Waals surface area (Å²) in [5.41, 5.74) is 3.93. The predicted octanol–water partition coefficient (Wildman–Crippen LogP) is 2.93. The smallest absolute Gasteiger partial charge is 0.247 e. The summed E-state index contributed by atoms with van der Waals surface area (Å²) < 4.78 is 31.6. The largest absolute Gasteiger partial charge is 0.378 e. The first-order valence-corrected chi connectivity index (χ1v) is 11.8. The summed E-state index contributed by atoms with van der Waals surface area (Å²) in [6, 6.07) is 12.2. The SMILES string of the molecule is Cc1ccc(C)c(N([C@@H](C)C(=O)Nc2ccc(N3CCOCC3)cc2)S(C)(=O)=O)c1. The molecule has 1 amide bonds. The molecule has 0 spiro atoms. The molecule has 0 unspecified atom stereocenters. The highest BCUT2D eigenvalue weighted by atomic mass is 32.2. The average molecular weight is 432 g/mol. The first-order chi connectivity index (χ1) is 14.2. The maximum Gasteiger partial charge on any atom is 0.247 e. The van der Waals surface area contributed by atoms with Crippen LogP contribution in [0.2, 0.25) is 0 Å². The summed E-state index contributed by atoms with van der Waals surface area (Å²) in [6.07, 6.45) is 1.12. The number of rotatable bonds is 6. The van der Waals surface area contributed by atoms with Crippen molar-refractivity contribution in [1.82, 2.24) is 0 Å². The molecule has 7 nitrogen and oxygen atoms in total. The van der Waals surface area contributed by atoms with E-state index in [1.807, 2.05) is 50.2 Å². The number of sulfonamides is 1. The second-order valence-corrected chi connectivity index (χ2v) is 9.52. The fourth-order valence-electron chi connectivity index (χ4n) is 3.56. The zero-order chi connectivity index (χ0) is 21.9. The van der Waals surface area contributed by atoms with Crippen LogP contribution < -0.4 is 14.5 Å². The Balaban J connectivity index is 1.78. The van der Waals surface area contributed by atoms with Gasteiger partial charge in [-0.2, -0.15) is 0 Å². The summed E-state index contributed by atoms with van der Waals surface area (Å²) in [7, 11) is -3.66. The van der Waals surface area contributed by atoms with Crippen molar-refractivity contribution in [2.24, 2.45) is 0 Å². The molecule has 0 aromatic heterocycles. The van der Waals surface area contributed by atoms with Crippen molar-refractivity contribution >= 4 is 33.0 Å². The van der Waals surface area contributed by atoms with Crippen molar-refractivity contribution in [3.05, 3.63) is 53.6 Å². The molecular formula is C22H29N3O4S. The predicted molar refractivity (Wildman–Crippen MR) is 121 cm³/mol. The van der Waals surface area contributed by atoms with Crippen molar-refractivity contribution in [3.8, 4) is 0 Å². The van der Waals surface area contributed by atoms with Gasteiger partial charge in [-0.15, -0.1) is 0 Å². The zero-order valence-electron chi connectivity index (χ0n) is 17.9. The lowest BCUT2D eigenvalue weighted by molar-refractivity contribution is -0.116. The number of carbonyl (C=O) groups excluding carboxylic acids is 1. The molecule has 30 heavy (non-hydrogen) atoms. The van der Waals surface area contributed by atoms with Crippen LogP contribution in [0.5, 0.6) is 0 Å². The molecule has 162 valence electrons. The number of carbonyl (C=O) groups is 1. The highest BCUT2D eigenvalue weighted by Crippen LogP contribution is 2.27. The molecule has 1 N–H and O–H groups in total. The minimum Gasteiger partial charge on any atom is -0.378 e. The monoisotopic (exact) mass is 431 g/mol. The molecule has 1 aliphatic heterocycles. The van der Waals surface area contributed by atoms with Gasteiger partial charge in [-0.25, -0.2) is 8.42 Å². The third-order valence-electron chi connectivity index (χ3n) is 5.20. The fourth-order valence-corrected chi connectivity index (χ4v) is 4.79. The maximum atomic E-state index is 12.9. The van der Waals surface area contributed by atoms with Gasteiger partial charge in [0.25, 0.3) is 0 Å². The normalized spacial score (nSPS) is 15.5. The van der Waals surface area contributed by atoms with Crippen LogP contribution in [0, 0.1) is 13.8 Å². The van der Waals surface area contributed by atoms with E-state index in [2.05, 4.69) is 10.2 Å². The summed E-state index contributed by atoms with van der Waals surface area (Å²) in [5, 5.41) is 2.84. The summed E-state index contributed by atoms with van der Waals surface area (Å²) >= 11 is 0. The van der Waals surface area contributed by atoms with E-state index in [4.69, 9.17) is 4.74 Å². The van der Waals surface area contributed by atoms with Crippen LogP contribution in [-0.2, 0) is 19.6 Å². The topological polar surface area (TPSA) is 79.0 Å². The van der Waals surface area contributed by atoms with Crippen LogP contribution in [0.1, 0.15) is 18.1 Å². The van der Waals surface area contributed by atoms with Crippen LogP contribution in [0.15, 0.2) is 42.5 Å². The first-order valence-electron chi connectivity index (χ1n) is 9.97. The molecule has 1 heterocycles. The van der Waals surface area contributed by atoms with Crippen molar-refractivity contribution < 1.29 is 17.9 Å².